The number of carbonyl (C=O) groups is 2. The second-order valence-electron chi connectivity index (χ2n) is 9.44. The minimum atomic E-state index is -0.553. The molecule has 1 aliphatic rings. The number of alkyl carbamates (subject to hydrolysis) is 1. The van der Waals surface area contributed by atoms with Gasteiger partial charge >= 0.3 is 6.09 Å². The number of aryl methyl sites for hydroxylation is 1. The number of H-pyrrole nitrogens is 1. The lowest BCUT2D eigenvalue weighted by molar-refractivity contribution is 0.0500. The third-order valence-electron chi connectivity index (χ3n) is 5.56. The molecule has 180 valence electrons. The Labute approximate surface area is 206 Å². The number of piperidine rings is 1. The molecule has 9 nitrogen and oxygen atoms in total. The summed E-state index contributed by atoms with van der Waals surface area (Å²) < 4.78 is 6.24. The van der Waals surface area contributed by atoms with Crippen molar-refractivity contribution in [2.75, 3.05) is 23.3 Å². The van der Waals surface area contributed by atoms with E-state index in [4.69, 9.17) is 4.74 Å². The molecular formula is C24H29BrN6O3. The molecule has 0 radical (unpaired) electrons. The quantitative estimate of drug-likeness (QED) is 0.449. The molecule has 34 heavy (non-hydrogen) atoms. The maximum atomic E-state index is 12.9. The van der Waals surface area contributed by atoms with Crippen molar-refractivity contribution in [3.8, 4) is 0 Å². The number of nitrogens with one attached hydrogen (secondary N) is 3. The van der Waals surface area contributed by atoms with Crippen molar-refractivity contribution in [2.45, 2.75) is 52.2 Å². The number of aromatic amines is 1. The van der Waals surface area contributed by atoms with Gasteiger partial charge in [-0.2, -0.15) is 0 Å². The number of hydrogen-bond acceptors (Lipinski definition) is 6. The predicted octanol–water partition coefficient (Wildman–Crippen LogP) is 4.77. The highest BCUT2D eigenvalue weighted by Crippen LogP contribution is 2.39. The Morgan fingerprint density at radius 2 is 2.09 bits per heavy atom. The largest absolute Gasteiger partial charge is 0.444 e. The molecule has 10 heteroatoms. The van der Waals surface area contributed by atoms with Crippen molar-refractivity contribution in [1.82, 2.24) is 20.3 Å². The highest BCUT2D eigenvalue weighted by molar-refractivity contribution is 9.10. The number of fused-ring (bicyclic) bond motifs is 1. The van der Waals surface area contributed by atoms with Gasteiger partial charge in [0, 0.05) is 37.7 Å². The molecule has 3 aromatic heterocycles. The molecule has 0 bridgehead atoms. The Hall–Kier alpha value is -3.14. The number of pyridine rings is 2. The fourth-order valence-corrected chi connectivity index (χ4v) is 4.69. The van der Waals surface area contributed by atoms with Gasteiger partial charge in [-0.15, -0.1) is 0 Å². The first-order valence-corrected chi connectivity index (χ1v) is 12.0. The molecule has 3 aromatic rings. The van der Waals surface area contributed by atoms with Crippen molar-refractivity contribution in [3.63, 3.8) is 0 Å². The standard InChI is InChI=1S/C24H29BrN6O3/c1-14-7-5-9-26-19(14)22(32)30-17-12-28-21-18(17)20(16(25)11-27-21)31-10-6-8-15(13-31)29-23(33)34-24(2,3)4/h5,7,9,11-12,15H,6,8,10,13H2,1-4H3,(H,27,28)(H,29,33)(H,30,32). The van der Waals surface area contributed by atoms with Crippen LogP contribution in [0.15, 0.2) is 35.2 Å². The van der Waals surface area contributed by atoms with Crippen LogP contribution in [0.5, 0.6) is 0 Å². The average Bonchev–Trinajstić information content (AvgIpc) is 3.15. The first-order valence-electron chi connectivity index (χ1n) is 11.3. The van der Waals surface area contributed by atoms with Gasteiger partial charge in [-0.3, -0.25) is 9.78 Å². The van der Waals surface area contributed by atoms with Crippen LogP contribution in [0.4, 0.5) is 16.2 Å². The summed E-state index contributed by atoms with van der Waals surface area (Å²) in [5.41, 5.74) is 2.81. The van der Waals surface area contributed by atoms with Crippen LogP contribution in [-0.4, -0.2) is 51.7 Å². The zero-order chi connectivity index (χ0) is 24.5. The molecule has 0 saturated carbocycles. The lowest BCUT2D eigenvalue weighted by Crippen LogP contribution is -2.49. The Bertz CT molecular complexity index is 1220. The normalized spacial score (nSPS) is 16.4. The van der Waals surface area contributed by atoms with E-state index in [1.165, 1.54) is 0 Å². The number of carbonyl (C=O) groups excluding carboxylic acids is 2. The van der Waals surface area contributed by atoms with Gasteiger partial charge in [0.1, 0.15) is 16.9 Å². The summed E-state index contributed by atoms with van der Waals surface area (Å²) in [6.07, 6.45) is 6.43. The van der Waals surface area contributed by atoms with E-state index in [0.29, 0.717) is 23.6 Å². The van der Waals surface area contributed by atoms with Crippen molar-refractivity contribution >= 4 is 50.3 Å². The molecule has 2 amide bonds. The van der Waals surface area contributed by atoms with E-state index in [1.807, 2.05) is 33.8 Å². The van der Waals surface area contributed by atoms with Crippen LogP contribution in [0.25, 0.3) is 11.0 Å². The fourth-order valence-electron chi connectivity index (χ4n) is 4.14. The Morgan fingerprint density at radius 3 is 2.82 bits per heavy atom. The number of ether oxygens (including phenoxy) is 1. The van der Waals surface area contributed by atoms with Crippen LogP contribution in [0.3, 0.4) is 0 Å². The lowest BCUT2D eigenvalue weighted by atomic mass is 10.0. The number of rotatable bonds is 4. The zero-order valence-corrected chi connectivity index (χ0v) is 21.3. The van der Waals surface area contributed by atoms with Crippen LogP contribution < -0.4 is 15.5 Å². The van der Waals surface area contributed by atoms with Gasteiger partial charge in [-0.25, -0.2) is 9.78 Å². The summed E-state index contributed by atoms with van der Waals surface area (Å²) in [5, 5.41) is 6.78. The first kappa shape index (κ1) is 24.0. The average molecular weight is 529 g/mol. The summed E-state index contributed by atoms with van der Waals surface area (Å²) in [5.74, 6) is -0.284. The van der Waals surface area contributed by atoms with Crippen molar-refractivity contribution in [2.24, 2.45) is 0 Å². The van der Waals surface area contributed by atoms with E-state index >= 15 is 0 Å². The molecule has 1 atom stereocenters. The van der Waals surface area contributed by atoms with Crippen molar-refractivity contribution in [3.05, 3.63) is 46.5 Å². The third-order valence-corrected chi connectivity index (χ3v) is 6.14. The zero-order valence-electron chi connectivity index (χ0n) is 19.7. The second-order valence-corrected chi connectivity index (χ2v) is 10.3. The fraction of sp³-hybridized carbons (Fsp3) is 0.417. The topological polar surface area (TPSA) is 112 Å². The summed E-state index contributed by atoms with van der Waals surface area (Å²) in [4.78, 5) is 39.3. The number of aromatic nitrogens is 3. The monoisotopic (exact) mass is 528 g/mol. The van der Waals surface area contributed by atoms with Gasteiger partial charge in [0.05, 0.1) is 21.2 Å². The Morgan fingerprint density at radius 1 is 1.29 bits per heavy atom. The van der Waals surface area contributed by atoms with Crippen LogP contribution >= 0.6 is 15.9 Å². The van der Waals surface area contributed by atoms with Gasteiger partial charge in [0.2, 0.25) is 0 Å². The van der Waals surface area contributed by atoms with E-state index < -0.39 is 11.7 Å². The highest BCUT2D eigenvalue weighted by Gasteiger charge is 2.28. The molecule has 1 fully saturated rings. The molecule has 0 aliphatic carbocycles. The molecular weight excluding hydrogens is 500 g/mol. The maximum Gasteiger partial charge on any atom is 0.407 e. The van der Waals surface area contributed by atoms with Crippen LogP contribution in [0.1, 0.15) is 49.7 Å². The Balaban J connectivity index is 1.60. The van der Waals surface area contributed by atoms with E-state index in [0.717, 1.165) is 40.5 Å². The Kier molecular flexibility index (Phi) is 6.79. The smallest absolute Gasteiger partial charge is 0.407 e. The van der Waals surface area contributed by atoms with Crippen molar-refractivity contribution in [1.29, 1.82) is 0 Å². The minimum absolute atomic E-state index is 0.0631. The van der Waals surface area contributed by atoms with Crippen LogP contribution in [-0.2, 0) is 4.74 Å². The SMILES string of the molecule is Cc1cccnc1C(=O)Nc1c[nH]c2ncc(Br)c(N3CCCC(NC(=O)OC(C)(C)C)C3)c12. The summed E-state index contributed by atoms with van der Waals surface area (Å²) in [6.45, 7) is 8.81. The van der Waals surface area contributed by atoms with Crippen molar-refractivity contribution < 1.29 is 14.3 Å². The number of amides is 2. The maximum absolute atomic E-state index is 12.9. The molecule has 4 rings (SSSR count). The third kappa shape index (κ3) is 5.32. The summed E-state index contributed by atoms with van der Waals surface area (Å²) >= 11 is 3.65. The molecule has 0 spiro atoms. The van der Waals surface area contributed by atoms with E-state index in [2.05, 4.69) is 46.4 Å². The van der Waals surface area contributed by atoms with Gasteiger partial charge in [-0.05, 0) is 68.1 Å². The lowest BCUT2D eigenvalue weighted by Gasteiger charge is -2.36. The molecule has 4 heterocycles. The summed E-state index contributed by atoms with van der Waals surface area (Å²) in [7, 11) is 0. The van der Waals surface area contributed by atoms with E-state index in [9.17, 15) is 9.59 Å². The molecule has 1 aliphatic heterocycles. The highest BCUT2D eigenvalue weighted by atomic mass is 79.9. The van der Waals surface area contributed by atoms with Gasteiger partial charge < -0.3 is 25.3 Å². The van der Waals surface area contributed by atoms with Gasteiger partial charge in [0.15, 0.2) is 0 Å². The van der Waals surface area contributed by atoms with Crippen LogP contribution in [0, 0.1) is 6.92 Å². The molecule has 0 aromatic carbocycles. The number of halogens is 1. The number of nitrogens with zero attached hydrogens (tertiary/aromatic N) is 3. The number of hydrogen-bond donors (Lipinski definition) is 3. The number of anilines is 2. The molecule has 1 unspecified atom stereocenters. The first-order chi connectivity index (χ1) is 16.1. The van der Waals surface area contributed by atoms with Gasteiger partial charge in [0.25, 0.3) is 5.91 Å². The van der Waals surface area contributed by atoms with E-state index in [1.54, 1.807) is 24.7 Å². The second kappa shape index (κ2) is 9.61. The predicted molar refractivity (Wildman–Crippen MR) is 135 cm³/mol. The van der Waals surface area contributed by atoms with Crippen LogP contribution in [0.2, 0.25) is 0 Å². The summed E-state index contributed by atoms with van der Waals surface area (Å²) in [6, 6.07) is 3.59. The molecule has 3 N–H and O–H groups in total. The van der Waals surface area contributed by atoms with Gasteiger partial charge in [-0.1, -0.05) is 6.07 Å². The van der Waals surface area contributed by atoms with E-state index in [-0.39, 0.29) is 11.9 Å². The molecule has 1 saturated heterocycles. The minimum Gasteiger partial charge on any atom is -0.444 e.